The molecule has 2 aromatic carbocycles. The predicted octanol–water partition coefficient (Wildman–Crippen LogP) is 5.72. The quantitative estimate of drug-likeness (QED) is 0.604. The summed E-state index contributed by atoms with van der Waals surface area (Å²) in [7, 11) is 2.18. The molecule has 0 radical (unpaired) electrons. The largest absolute Gasteiger partial charge is 0.356 e. The van der Waals surface area contributed by atoms with Gasteiger partial charge in [-0.15, -0.1) is 0 Å². The Bertz CT molecular complexity index is 870. The molecule has 4 rings (SSSR count). The molecule has 25 heavy (non-hydrogen) atoms. The van der Waals surface area contributed by atoms with E-state index in [2.05, 4.69) is 30.1 Å². The van der Waals surface area contributed by atoms with Gasteiger partial charge in [-0.1, -0.05) is 43.0 Å². The van der Waals surface area contributed by atoms with Crippen molar-refractivity contribution in [2.75, 3.05) is 11.9 Å². The van der Waals surface area contributed by atoms with Crippen LogP contribution in [0, 0.1) is 0 Å². The molecule has 1 aliphatic carbocycles. The number of hydrogen-bond donors (Lipinski definition) is 0. The molecule has 0 spiro atoms. The zero-order valence-corrected chi connectivity index (χ0v) is 15.2. The fourth-order valence-corrected chi connectivity index (χ4v) is 3.82. The van der Waals surface area contributed by atoms with E-state index in [1.807, 2.05) is 30.3 Å². The van der Waals surface area contributed by atoms with Gasteiger partial charge < -0.3 is 4.90 Å². The van der Waals surface area contributed by atoms with Crippen LogP contribution in [0.3, 0.4) is 0 Å². The molecule has 0 amide bonds. The molecule has 3 aromatic rings. The van der Waals surface area contributed by atoms with Gasteiger partial charge in [-0.25, -0.2) is 9.97 Å². The van der Waals surface area contributed by atoms with Crippen LogP contribution in [0.5, 0.6) is 0 Å². The maximum atomic E-state index is 6.03. The molecule has 1 aliphatic rings. The number of aromatic nitrogens is 2. The summed E-state index contributed by atoms with van der Waals surface area (Å²) < 4.78 is 0. The van der Waals surface area contributed by atoms with Crippen LogP contribution in [-0.4, -0.2) is 23.1 Å². The number of hydrogen-bond acceptors (Lipinski definition) is 3. The normalized spacial score (nSPS) is 15.4. The first-order valence-electron chi connectivity index (χ1n) is 8.98. The minimum absolute atomic E-state index is 0.560. The SMILES string of the molecule is CN(c1nc(-c2ccc(Cl)cc2)nc2ccccc12)C1CCCCC1. The van der Waals surface area contributed by atoms with Gasteiger partial charge in [0.1, 0.15) is 5.82 Å². The van der Waals surface area contributed by atoms with E-state index in [0.717, 1.165) is 33.1 Å². The fraction of sp³-hybridized carbons (Fsp3) is 0.333. The third-order valence-corrected chi connectivity index (χ3v) is 5.39. The van der Waals surface area contributed by atoms with Gasteiger partial charge in [0.2, 0.25) is 0 Å². The van der Waals surface area contributed by atoms with E-state index in [9.17, 15) is 0 Å². The smallest absolute Gasteiger partial charge is 0.162 e. The van der Waals surface area contributed by atoms with Crippen LogP contribution in [0.2, 0.25) is 5.02 Å². The van der Waals surface area contributed by atoms with Crippen molar-refractivity contribution < 1.29 is 0 Å². The van der Waals surface area contributed by atoms with Gasteiger partial charge in [-0.3, -0.25) is 0 Å². The average Bonchev–Trinajstić information content (AvgIpc) is 2.68. The number of halogens is 1. The number of nitrogens with zero attached hydrogens (tertiary/aromatic N) is 3. The van der Waals surface area contributed by atoms with Gasteiger partial charge in [-0.05, 0) is 49.2 Å². The molecule has 0 N–H and O–H groups in total. The van der Waals surface area contributed by atoms with E-state index in [-0.39, 0.29) is 0 Å². The Hall–Kier alpha value is -2.13. The molecule has 128 valence electrons. The molecule has 0 atom stereocenters. The van der Waals surface area contributed by atoms with Crippen LogP contribution in [0.1, 0.15) is 32.1 Å². The summed E-state index contributed by atoms with van der Waals surface area (Å²) >= 11 is 6.03. The summed E-state index contributed by atoms with van der Waals surface area (Å²) in [5, 5.41) is 1.84. The van der Waals surface area contributed by atoms with Crippen molar-refractivity contribution in [1.29, 1.82) is 0 Å². The van der Waals surface area contributed by atoms with E-state index in [1.54, 1.807) is 0 Å². The Morgan fingerprint density at radius 1 is 0.920 bits per heavy atom. The summed E-state index contributed by atoms with van der Waals surface area (Å²) in [5.41, 5.74) is 1.98. The zero-order chi connectivity index (χ0) is 17.2. The van der Waals surface area contributed by atoms with Crippen LogP contribution in [-0.2, 0) is 0 Å². The van der Waals surface area contributed by atoms with Crippen LogP contribution in [0.25, 0.3) is 22.3 Å². The van der Waals surface area contributed by atoms with Gasteiger partial charge in [0.05, 0.1) is 5.52 Å². The van der Waals surface area contributed by atoms with E-state index >= 15 is 0 Å². The highest BCUT2D eigenvalue weighted by molar-refractivity contribution is 6.30. The number of anilines is 1. The Labute approximate surface area is 153 Å². The molecular formula is C21H22ClN3. The molecule has 1 fully saturated rings. The summed E-state index contributed by atoms with van der Waals surface area (Å²) in [5.74, 6) is 1.79. The minimum Gasteiger partial charge on any atom is -0.356 e. The molecule has 1 saturated carbocycles. The predicted molar refractivity (Wildman–Crippen MR) is 105 cm³/mol. The first kappa shape index (κ1) is 16.3. The Morgan fingerprint density at radius 3 is 2.40 bits per heavy atom. The number of fused-ring (bicyclic) bond motifs is 1. The molecule has 4 heteroatoms. The maximum Gasteiger partial charge on any atom is 0.162 e. The second kappa shape index (κ2) is 7.01. The van der Waals surface area contributed by atoms with E-state index < -0.39 is 0 Å². The van der Waals surface area contributed by atoms with Gasteiger partial charge in [-0.2, -0.15) is 0 Å². The van der Waals surface area contributed by atoms with Crippen LogP contribution < -0.4 is 4.90 Å². The molecule has 0 saturated heterocycles. The molecular weight excluding hydrogens is 330 g/mol. The minimum atomic E-state index is 0.560. The Kier molecular flexibility index (Phi) is 4.58. The third-order valence-electron chi connectivity index (χ3n) is 5.14. The monoisotopic (exact) mass is 351 g/mol. The molecule has 1 aromatic heterocycles. The maximum absolute atomic E-state index is 6.03. The molecule has 3 nitrogen and oxygen atoms in total. The highest BCUT2D eigenvalue weighted by Gasteiger charge is 2.21. The summed E-state index contributed by atoms with van der Waals surface area (Å²) in [6, 6.07) is 16.6. The second-order valence-corrected chi connectivity index (χ2v) is 7.23. The van der Waals surface area contributed by atoms with Gasteiger partial charge in [0.25, 0.3) is 0 Å². The van der Waals surface area contributed by atoms with E-state index in [1.165, 1.54) is 32.1 Å². The lowest BCUT2D eigenvalue weighted by atomic mass is 9.94. The lowest BCUT2D eigenvalue weighted by Gasteiger charge is -2.32. The van der Waals surface area contributed by atoms with Crippen molar-refractivity contribution in [2.24, 2.45) is 0 Å². The van der Waals surface area contributed by atoms with Crippen molar-refractivity contribution in [3.05, 3.63) is 53.6 Å². The van der Waals surface area contributed by atoms with Gasteiger partial charge >= 0.3 is 0 Å². The number of para-hydroxylation sites is 1. The van der Waals surface area contributed by atoms with Gasteiger partial charge in [0.15, 0.2) is 5.82 Å². The van der Waals surface area contributed by atoms with Crippen LogP contribution in [0.4, 0.5) is 5.82 Å². The van der Waals surface area contributed by atoms with Crippen molar-refractivity contribution in [3.8, 4) is 11.4 Å². The summed E-state index contributed by atoms with van der Waals surface area (Å²) in [6.45, 7) is 0. The highest BCUT2D eigenvalue weighted by Crippen LogP contribution is 2.31. The van der Waals surface area contributed by atoms with E-state index in [0.29, 0.717) is 6.04 Å². The highest BCUT2D eigenvalue weighted by atomic mass is 35.5. The fourth-order valence-electron chi connectivity index (χ4n) is 3.70. The average molecular weight is 352 g/mol. The first-order valence-corrected chi connectivity index (χ1v) is 9.36. The van der Waals surface area contributed by atoms with Crippen molar-refractivity contribution >= 4 is 28.3 Å². The summed E-state index contributed by atoms with van der Waals surface area (Å²) in [4.78, 5) is 12.1. The Balaban J connectivity index is 1.82. The van der Waals surface area contributed by atoms with E-state index in [4.69, 9.17) is 21.6 Å². The van der Waals surface area contributed by atoms with Crippen molar-refractivity contribution in [1.82, 2.24) is 9.97 Å². The molecule has 0 bridgehead atoms. The lowest BCUT2D eigenvalue weighted by molar-refractivity contribution is 0.426. The molecule has 0 aliphatic heterocycles. The lowest BCUT2D eigenvalue weighted by Crippen LogP contribution is -2.34. The van der Waals surface area contributed by atoms with Crippen molar-refractivity contribution in [2.45, 2.75) is 38.1 Å². The zero-order valence-electron chi connectivity index (χ0n) is 14.5. The van der Waals surface area contributed by atoms with Crippen LogP contribution >= 0.6 is 11.6 Å². The Morgan fingerprint density at radius 2 is 1.64 bits per heavy atom. The van der Waals surface area contributed by atoms with Crippen molar-refractivity contribution in [3.63, 3.8) is 0 Å². The third kappa shape index (κ3) is 3.34. The molecule has 1 heterocycles. The topological polar surface area (TPSA) is 29.0 Å². The molecule has 0 unspecified atom stereocenters. The first-order chi connectivity index (χ1) is 12.2. The van der Waals surface area contributed by atoms with Crippen LogP contribution in [0.15, 0.2) is 48.5 Å². The number of rotatable bonds is 3. The summed E-state index contributed by atoms with van der Waals surface area (Å²) in [6.07, 6.45) is 6.45. The number of benzene rings is 2. The standard InChI is InChI=1S/C21H22ClN3/c1-25(17-7-3-2-4-8-17)21-18-9-5-6-10-19(18)23-20(24-21)15-11-13-16(22)14-12-15/h5-6,9-14,17H,2-4,7-8H2,1H3. The van der Waals surface area contributed by atoms with Gasteiger partial charge in [0, 0.05) is 29.1 Å². The second-order valence-electron chi connectivity index (χ2n) is 6.80.